The Balaban J connectivity index is 1.68. The molecule has 0 spiro atoms. The van der Waals surface area contributed by atoms with E-state index in [1.54, 1.807) is 31.2 Å². The van der Waals surface area contributed by atoms with Gasteiger partial charge in [-0.1, -0.05) is 18.2 Å². The molecular formula is C19H17F3N4. The summed E-state index contributed by atoms with van der Waals surface area (Å²) in [6.07, 6.45) is 0.491. The molecule has 0 fully saturated rings. The largest absolute Gasteiger partial charge is 0.370 e. The minimum absolute atomic E-state index is 0.113. The topological polar surface area (TPSA) is 49.8 Å². The molecule has 0 saturated heterocycles. The Kier molecular flexibility index (Phi) is 5.36. The van der Waals surface area contributed by atoms with Crippen LogP contribution in [0.2, 0.25) is 0 Å². The lowest BCUT2D eigenvalue weighted by atomic mass is 10.1. The number of aryl methyl sites for hydroxylation is 1. The number of anilines is 3. The fourth-order valence-electron chi connectivity index (χ4n) is 2.48. The van der Waals surface area contributed by atoms with Crippen molar-refractivity contribution in [3.05, 3.63) is 77.4 Å². The van der Waals surface area contributed by atoms with Crippen LogP contribution in [0.1, 0.15) is 11.4 Å². The summed E-state index contributed by atoms with van der Waals surface area (Å²) >= 11 is 0. The number of rotatable bonds is 6. The zero-order valence-electron chi connectivity index (χ0n) is 14.1. The van der Waals surface area contributed by atoms with Crippen LogP contribution < -0.4 is 10.6 Å². The van der Waals surface area contributed by atoms with E-state index in [0.29, 0.717) is 36.0 Å². The van der Waals surface area contributed by atoms with Gasteiger partial charge in [0.05, 0.1) is 5.69 Å². The summed E-state index contributed by atoms with van der Waals surface area (Å²) in [5, 5.41) is 5.90. The standard InChI is InChI=1S/C19H17F3N4/c1-12-24-18(23-9-8-13-4-2-3-5-15(13)21)11-19(25-12)26-17-7-6-14(20)10-16(17)22/h2-7,10-11H,8-9H2,1H3,(H2,23,24,25,26). The van der Waals surface area contributed by atoms with Crippen LogP contribution in [-0.2, 0) is 6.42 Å². The first kappa shape index (κ1) is 17.7. The number of aromatic nitrogens is 2. The fraction of sp³-hybridized carbons (Fsp3) is 0.158. The van der Waals surface area contributed by atoms with E-state index in [0.717, 1.165) is 12.1 Å². The molecule has 0 bridgehead atoms. The zero-order valence-corrected chi connectivity index (χ0v) is 14.1. The van der Waals surface area contributed by atoms with E-state index in [-0.39, 0.29) is 11.5 Å². The quantitative estimate of drug-likeness (QED) is 0.676. The van der Waals surface area contributed by atoms with Gasteiger partial charge in [-0.3, -0.25) is 0 Å². The second-order valence-electron chi connectivity index (χ2n) is 5.70. The maximum Gasteiger partial charge on any atom is 0.149 e. The smallest absolute Gasteiger partial charge is 0.149 e. The van der Waals surface area contributed by atoms with Gasteiger partial charge in [0.1, 0.15) is 34.9 Å². The molecule has 134 valence electrons. The number of nitrogens with one attached hydrogen (secondary N) is 2. The summed E-state index contributed by atoms with van der Waals surface area (Å²) in [5.74, 6) is -0.235. The second-order valence-corrected chi connectivity index (χ2v) is 5.70. The first-order valence-electron chi connectivity index (χ1n) is 8.06. The van der Waals surface area contributed by atoms with Crippen molar-refractivity contribution in [3.8, 4) is 0 Å². The first-order valence-corrected chi connectivity index (χ1v) is 8.06. The van der Waals surface area contributed by atoms with Crippen LogP contribution in [0, 0.1) is 24.4 Å². The maximum atomic E-state index is 13.8. The Morgan fingerprint density at radius 3 is 2.42 bits per heavy atom. The summed E-state index contributed by atoms with van der Waals surface area (Å²) in [6.45, 7) is 2.18. The highest BCUT2D eigenvalue weighted by molar-refractivity contribution is 5.59. The van der Waals surface area contributed by atoms with Crippen molar-refractivity contribution < 1.29 is 13.2 Å². The molecule has 0 aliphatic carbocycles. The van der Waals surface area contributed by atoms with Crippen molar-refractivity contribution in [1.82, 2.24) is 9.97 Å². The fourth-order valence-corrected chi connectivity index (χ4v) is 2.48. The molecule has 1 aromatic heterocycles. The third kappa shape index (κ3) is 4.50. The highest BCUT2D eigenvalue weighted by atomic mass is 19.1. The van der Waals surface area contributed by atoms with Crippen molar-refractivity contribution in [2.45, 2.75) is 13.3 Å². The summed E-state index contributed by atoms with van der Waals surface area (Å²) in [4.78, 5) is 8.45. The summed E-state index contributed by atoms with van der Waals surface area (Å²) in [5.41, 5.74) is 0.722. The Labute approximate surface area is 149 Å². The molecule has 3 rings (SSSR count). The molecule has 0 unspecified atom stereocenters. The lowest BCUT2D eigenvalue weighted by Gasteiger charge is -2.11. The number of hydrogen-bond donors (Lipinski definition) is 2. The van der Waals surface area contributed by atoms with Crippen molar-refractivity contribution in [3.63, 3.8) is 0 Å². The second kappa shape index (κ2) is 7.86. The van der Waals surface area contributed by atoms with Crippen molar-refractivity contribution in [2.75, 3.05) is 17.2 Å². The first-order chi connectivity index (χ1) is 12.5. The van der Waals surface area contributed by atoms with Crippen LogP contribution in [-0.4, -0.2) is 16.5 Å². The number of benzene rings is 2. The van der Waals surface area contributed by atoms with Gasteiger partial charge in [0.25, 0.3) is 0 Å². The predicted octanol–water partition coefficient (Wildman–Crippen LogP) is 4.60. The van der Waals surface area contributed by atoms with Gasteiger partial charge in [-0.15, -0.1) is 0 Å². The highest BCUT2D eigenvalue weighted by Gasteiger charge is 2.07. The van der Waals surface area contributed by atoms with Gasteiger partial charge in [0.2, 0.25) is 0 Å². The molecule has 2 aromatic carbocycles. The molecule has 0 radical (unpaired) electrons. The van der Waals surface area contributed by atoms with Gasteiger partial charge in [-0.2, -0.15) is 0 Å². The third-order valence-electron chi connectivity index (χ3n) is 3.69. The van der Waals surface area contributed by atoms with E-state index in [2.05, 4.69) is 20.6 Å². The van der Waals surface area contributed by atoms with Crippen LogP contribution in [0.4, 0.5) is 30.5 Å². The van der Waals surface area contributed by atoms with Gasteiger partial charge in [-0.25, -0.2) is 23.1 Å². The van der Waals surface area contributed by atoms with E-state index >= 15 is 0 Å². The van der Waals surface area contributed by atoms with Crippen LogP contribution in [0.5, 0.6) is 0 Å². The SMILES string of the molecule is Cc1nc(NCCc2ccccc2F)cc(Nc2ccc(F)cc2F)n1. The Morgan fingerprint density at radius 1 is 0.885 bits per heavy atom. The van der Waals surface area contributed by atoms with Crippen LogP contribution in [0.15, 0.2) is 48.5 Å². The van der Waals surface area contributed by atoms with Crippen LogP contribution in [0.3, 0.4) is 0 Å². The Bertz CT molecular complexity index is 915. The normalized spacial score (nSPS) is 10.6. The Morgan fingerprint density at radius 2 is 1.65 bits per heavy atom. The molecule has 4 nitrogen and oxygen atoms in total. The van der Waals surface area contributed by atoms with Crippen molar-refractivity contribution in [2.24, 2.45) is 0 Å². The molecule has 26 heavy (non-hydrogen) atoms. The molecular weight excluding hydrogens is 341 g/mol. The van der Waals surface area contributed by atoms with Gasteiger partial charge in [0, 0.05) is 18.7 Å². The Hall–Kier alpha value is -3.09. The predicted molar refractivity (Wildman–Crippen MR) is 95.0 cm³/mol. The average molecular weight is 358 g/mol. The van der Waals surface area contributed by atoms with Gasteiger partial charge in [0.15, 0.2) is 0 Å². The molecule has 0 saturated carbocycles. The van der Waals surface area contributed by atoms with Crippen LogP contribution in [0.25, 0.3) is 0 Å². The van der Waals surface area contributed by atoms with Gasteiger partial charge in [-0.05, 0) is 37.1 Å². The van der Waals surface area contributed by atoms with Gasteiger partial charge < -0.3 is 10.6 Å². The van der Waals surface area contributed by atoms with Crippen LogP contribution >= 0.6 is 0 Å². The minimum Gasteiger partial charge on any atom is -0.370 e. The third-order valence-corrected chi connectivity index (χ3v) is 3.69. The van der Waals surface area contributed by atoms with Gasteiger partial charge >= 0.3 is 0 Å². The number of halogens is 3. The average Bonchev–Trinajstić information content (AvgIpc) is 2.59. The maximum absolute atomic E-state index is 13.8. The lowest BCUT2D eigenvalue weighted by molar-refractivity contribution is 0.586. The van der Waals surface area contributed by atoms with E-state index in [4.69, 9.17) is 0 Å². The molecule has 0 aliphatic heterocycles. The van der Waals surface area contributed by atoms with E-state index < -0.39 is 11.6 Å². The zero-order chi connectivity index (χ0) is 18.5. The van der Waals surface area contributed by atoms with E-state index in [1.807, 2.05) is 0 Å². The summed E-state index contributed by atoms with van der Waals surface area (Å²) in [7, 11) is 0. The molecule has 0 aliphatic rings. The van der Waals surface area contributed by atoms with E-state index in [1.165, 1.54) is 12.1 Å². The molecule has 1 heterocycles. The van der Waals surface area contributed by atoms with E-state index in [9.17, 15) is 13.2 Å². The number of nitrogens with zero attached hydrogens (tertiary/aromatic N) is 2. The molecule has 2 N–H and O–H groups in total. The minimum atomic E-state index is -0.713. The highest BCUT2D eigenvalue weighted by Crippen LogP contribution is 2.21. The monoisotopic (exact) mass is 358 g/mol. The summed E-state index contributed by atoms with van der Waals surface area (Å²) < 4.78 is 40.4. The lowest BCUT2D eigenvalue weighted by Crippen LogP contribution is -2.09. The molecule has 0 amide bonds. The number of hydrogen-bond acceptors (Lipinski definition) is 4. The molecule has 3 aromatic rings. The molecule has 7 heteroatoms. The van der Waals surface area contributed by atoms with Crippen molar-refractivity contribution >= 4 is 17.3 Å². The van der Waals surface area contributed by atoms with Crippen molar-refractivity contribution in [1.29, 1.82) is 0 Å². The summed E-state index contributed by atoms with van der Waals surface area (Å²) in [6, 6.07) is 11.4. The molecule has 0 atom stereocenters.